The van der Waals surface area contributed by atoms with Crippen molar-refractivity contribution >= 4 is 39.8 Å². The van der Waals surface area contributed by atoms with Crippen molar-refractivity contribution in [2.75, 3.05) is 5.43 Å². The molecule has 0 bridgehead atoms. The van der Waals surface area contributed by atoms with Gasteiger partial charge in [-0.3, -0.25) is 10.8 Å². The van der Waals surface area contributed by atoms with Gasteiger partial charge in [0.05, 0.1) is 16.2 Å². The van der Waals surface area contributed by atoms with Crippen LogP contribution in [0.1, 0.15) is 19.5 Å². The first-order valence-electron chi connectivity index (χ1n) is 5.76. The lowest BCUT2D eigenvalue weighted by molar-refractivity contribution is 0.637. The van der Waals surface area contributed by atoms with Crippen LogP contribution in [0, 0.1) is 5.92 Å². The van der Waals surface area contributed by atoms with Gasteiger partial charge in [0.25, 0.3) is 0 Å². The van der Waals surface area contributed by atoms with Gasteiger partial charge in [0.2, 0.25) is 0 Å². The standard InChI is InChI=1S/C13H15Cl2N3/c1-7(2)3-9-6-12(18-16)10-4-8(14)5-11(15)13(10)17-9/h4-7H,3,16H2,1-2H3,(H,17,18). The lowest BCUT2D eigenvalue weighted by Gasteiger charge is -2.11. The highest BCUT2D eigenvalue weighted by molar-refractivity contribution is 6.38. The van der Waals surface area contributed by atoms with E-state index in [1.807, 2.05) is 12.1 Å². The van der Waals surface area contributed by atoms with E-state index in [1.165, 1.54) is 0 Å². The lowest BCUT2D eigenvalue weighted by Crippen LogP contribution is -2.09. The van der Waals surface area contributed by atoms with Gasteiger partial charge in [-0.15, -0.1) is 0 Å². The van der Waals surface area contributed by atoms with Crippen molar-refractivity contribution in [3.8, 4) is 0 Å². The molecular weight excluding hydrogens is 269 g/mol. The second kappa shape index (κ2) is 5.31. The van der Waals surface area contributed by atoms with E-state index in [4.69, 9.17) is 29.0 Å². The second-order valence-electron chi connectivity index (χ2n) is 4.69. The predicted molar refractivity (Wildman–Crippen MR) is 78.1 cm³/mol. The van der Waals surface area contributed by atoms with Crippen molar-refractivity contribution < 1.29 is 0 Å². The number of nitrogens with two attached hydrogens (primary N) is 1. The molecule has 1 aromatic heterocycles. The fourth-order valence-electron chi connectivity index (χ4n) is 1.95. The highest BCUT2D eigenvalue weighted by atomic mass is 35.5. The molecule has 0 saturated carbocycles. The molecule has 2 aromatic rings. The molecule has 1 heterocycles. The Hall–Kier alpha value is -1.03. The number of nitrogens with zero attached hydrogens (tertiary/aromatic N) is 1. The van der Waals surface area contributed by atoms with E-state index >= 15 is 0 Å². The Morgan fingerprint density at radius 3 is 2.61 bits per heavy atom. The van der Waals surface area contributed by atoms with E-state index < -0.39 is 0 Å². The van der Waals surface area contributed by atoms with Crippen LogP contribution in [0.5, 0.6) is 0 Å². The van der Waals surface area contributed by atoms with Crippen molar-refractivity contribution in [2.24, 2.45) is 11.8 Å². The van der Waals surface area contributed by atoms with Gasteiger partial charge in [0.1, 0.15) is 0 Å². The zero-order valence-corrected chi connectivity index (χ0v) is 11.8. The molecule has 0 aliphatic heterocycles. The predicted octanol–water partition coefficient (Wildman–Crippen LogP) is 4.03. The zero-order valence-electron chi connectivity index (χ0n) is 10.3. The molecule has 0 radical (unpaired) electrons. The van der Waals surface area contributed by atoms with Crippen molar-refractivity contribution in [3.63, 3.8) is 0 Å². The summed E-state index contributed by atoms with van der Waals surface area (Å²) < 4.78 is 0. The van der Waals surface area contributed by atoms with E-state index in [0.29, 0.717) is 16.0 Å². The van der Waals surface area contributed by atoms with E-state index in [-0.39, 0.29) is 0 Å². The van der Waals surface area contributed by atoms with Gasteiger partial charge in [-0.25, -0.2) is 0 Å². The number of benzene rings is 1. The van der Waals surface area contributed by atoms with Gasteiger partial charge in [-0.1, -0.05) is 37.0 Å². The third-order valence-electron chi connectivity index (χ3n) is 2.66. The monoisotopic (exact) mass is 283 g/mol. The van der Waals surface area contributed by atoms with Crippen LogP contribution < -0.4 is 11.3 Å². The fraction of sp³-hybridized carbons (Fsp3) is 0.308. The summed E-state index contributed by atoms with van der Waals surface area (Å²) in [7, 11) is 0. The minimum Gasteiger partial charge on any atom is -0.323 e. The molecule has 0 saturated heterocycles. The Kier molecular flexibility index (Phi) is 3.95. The molecule has 0 spiro atoms. The highest BCUT2D eigenvalue weighted by Crippen LogP contribution is 2.32. The van der Waals surface area contributed by atoms with Gasteiger partial charge in [-0.05, 0) is 30.5 Å². The minimum absolute atomic E-state index is 0.520. The lowest BCUT2D eigenvalue weighted by atomic mass is 10.1. The Bertz CT molecular complexity index is 582. The maximum Gasteiger partial charge on any atom is 0.0913 e. The van der Waals surface area contributed by atoms with Crippen molar-refractivity contribution in [2.45, 2.75) is 20.3 Å². The van der Waals surface area contributed by atoms with E-state index in [1.54, 1.807) is 6.07 Å². The molecule has 0 aliphatic carbocycles. The SMILES string of the molecule is CC(C)Cc1cc(NN)c2cc(Cl)cc(Cl)c2n1. The van der Waals surface area contributed by atoms with Gasteiger partial charge in [0, 0.05) is 16.1 Å². The molecule has 0 atom stereocenters. The van der Waals surface area contributed by atoms with Crippen molar-refractivity contribution in [1.29, 1.82) is 0 Å². The molecule has 0 aliphatic rings. The Morgan fingerprint density at radius 1 is 1.28 bits per heavy atom. The molecule has 0 amide bonds. The molecule has 96 valence electrons. The summed E-state index contributed by atoms with van der Waals surface area (Å²) >= 11 is 12.2. The van der Waals surface area contributed by atoms with Crippen LogP contribution in [0.4, 0.5) is 5.69 Å². The van der Waals surface area contributed by atoms with Gasteiger partial charge in [-0.2, -0.15) is 0 Å². The number of halogens is 2. The average molecular weight is 284 g/mol. The number of aromatic nitrogens is 1. The Morgan fingerprint density at radius 2 is 2.00 bits per heavy atom. The number of rotatable bonds is 3. The van der Waals surface area contributed by atoms with Crippen LogP contribution in [-0.4, -0.2) is 4.98 Å². The average Bonchev–Trinajstić information content (AvgIpc) is 2.28. The molecule has 3 nitrogen and oxygen atoms in total. The maximum atomic E-state index is 6.18. The van der Waals surface area contributed by atoms with Gasteiger partial charge >= 0.3 is 0 Å². The van der Waals surface area contributed by atoms with E-state index in [2.05, 4.69) is 24.3 Å². The first kappa shape index (κ1) is 13.4. The number of hydrogen-bond acceptors (Lipinski definition) is 3. The topological polar surface area (TPSA) is 50.9 Å². The molecule has 5 heteroatoms. The molecule has 2 rings (SSSR count). The molecule has 0 fully saturated rings. The normalized spacial score (nSPS) is 11.2. The number of hydrogen-bond donors (Lipinski definition) is 2. The molecule has 0 unspecified atom stereocenters. The first-order chi connectivity index (χ1) is 8.51. The van der Waals surface area contributed by atoms with Crippen LogP contribution in [0.25, 0.3) is 10.9 Å². The summed E-state index contributed by atoms with van der Waals surface area (Å²) in [6, 6.07) is 5.44. The zero-order chi connectivity index (χ0) is 13.3. The molecule has 18 heavy (non-hydrogen) atoms. The number of pyridine rings is 1. The van der Waals surface area contributed by atoms with Crippen molar-refractivity contribution in [3.05, 3.63) is 33.9 Å². The first-order valence-corrected chi connectivity index (χ1v) is 6.52. The number of nitrogen functional groups attached to an aromatic ring is 1. The highest BCUT2D eigenvalue weighted by Gasteiger charge is 2.10. The largest absolute Gasteiger partial charge is 0.323 e. The van der Waals surface area contributed by atoms with Gasteiger partial charge < -0.3 is 5.43 Å². The van der Waals surface area contributed by atoms with Crippen LogP contribution >= 0.6 is 23.2 Å². The van der Waals surface area contributed by atoms with Crippen LogP contribution in [-0.2, 0) is 6.42 Å². The quantitative estimate of drug-likeness (QED) is 0.661. The third kappa shape index (κ3) is 2.69. The molecule has 3 N–H and O–H groups in total. The van der Waals surface area contributed by atoms with Gasteiger partial charge in [0.15, 0.2) is 0 Å². The summed E-state index contributed by atoms with van der Waals surface area (Å²) in [5.41, 5.74) is 5.17. The Labute approximate surface area is 116 Å². The smallest absolute Gasteiger partial charge is 0.0913 e. The van der Waals surface area contributed by atoms with Crippen LogP contribution in [0.15, 0.2) is 18.2 Å². The van der Waals surface area contributed by atoms with E-state index in [9.17, 15) is 0 Å². The summed E-state index contributed by atoms with van der Waals surface area (Å²) in [5, 5.41) is 1.95. The second-order valence-corrected chi connectivity index (χ2v) is 5.53. The maximum absolute atomic E-state index is 6.18. The minimum atomic E-state index is 0.520. The summed E-state index contributed by atoms with van der Waals surface area (Å²) in [6.45, 7) is 4.29. The molecule has 1 aromatic carbocycles. The summed E-state index contributed by atoms with van der Waals surface area (Å²) in [6.07, 6.45) is 0.879. The Balaban J connectivity index is 2.67. The number of fused-ring (bicyclic) bond motifs is 1. The number of hydrazine groups is 1. The summed E-state index contributed by atoms with van der Waals surface area (Å²) in [5.74, 6) is 6.07. The van der Waals surface area contributed by atoms with E-state index in [0.717, 1.165) is 28.7 Å². The number of nitrogens with one attached hydrogen (secondary N) is 1. The molecular formula is C13H15Cl2N3. The fourth-order valence-corrected chi connectivity index (χ4v) is 2.48. The van der Waals surface area contributed by atoms with Crippen LogP contribution in [0.2, 0.25) is 10.0 Å². The van der Waals surface area contributed by atoms with Crippen LogP contribution in [0.3, 0.4) is 0 Å². The summed E-state index contributed by atoms with van der Waals surface area (Å²) in [4.78, 5) is 4.58. The van der Waals surface area contributed by atoms with Crippen molar-refractivity contribution in [1.82, 2.24) is 4.98 Å². The number of anilines is 1. The third-order valence-corrected chi connectivity index (χ3v) is 3.16.